The fourth-order valence-electron chi connectivity index (χ4n) is 2.09. The van der Waals surface area contributed by atoms with E-state index in [1.807, 2.05) is 41.1 Å². The molecule has 2 heterocycles. The van der Waals surface area contributed by atoms with E-state index in [0.29, 0.717) is 6.54 Å². The molecule has 0 aliphatic carbocycles. The highest BCUT2D eigenvalue weighted by Gasteiger charge is 2.07. The van der Waals surface area contributed by atoms with E-state index in [9.17, 15) is 0 Å². The molecule has 0 saturated carbocycles. The van der Waals surface area contributed by atoms with Gasteiger partial charge in [-0.3, -0.25) is 0 Å². The second kappa shape index (κ2) is 4.02. The molecule has 2 aromatic heterocycles. The maximum absolute atomic E-state index is 6.24. The monoisotopic (exact) mass is 245 g/mol. The Balaban J connectivity index is 2.37. The topological polar surface area (TPSA) is 43.3 Å². The molecule has 0 radical (unpaired) electrons. The van der Waals surface area contributed by atoms with Crippen molar-refractivity contribution >= 4 is 28.0 Å². The predicted octanol–water partition coefficient (Wildman–Crippen LogP) is 2.64. The minimum Gasteiger partial charge on any atom is -0.330 e. The van der Waals surface area contributed by atoms with Gasteiger partial charge in [-0.15, -0.1) is 0 Å². The van der Waals surface area contributed by atoms with Crippen LogP contribution >= 0.6 is 11.6 Å². The third-order valence-electron chi connectivity index (χ3n) is 2.87. The van der Waals surface area contributed by atoms with E-state index in [1.54, 1.807) is 0 Å². The van der Waals surface area contributed by atoms with Crippen molar-refractivity contribution in [3.63, 3.8) is 0 Å². The van der Waals surface area contributed by atoms with E-state index in [1.165, 1.54) is 0 Å². The van der Waals surface area contributed by atoms with E-state index in [4.69, 9.17) is 17.3 Å². The van der Waals surface area contributed by atoms with E-state index in [2.05, 4.69) is 4.98 Å². The first-order valence-electron chi connectivity index (χ1n) is 5.54. The number of fused-ring (bicyclic) bond motifs is 3. The summed E-state index contributed by atoms with van der Waals surface area (Å²) in [5.74, 6) is 0. The first-order valence-corrected chi connectivity index (χ1v) is 5.92. The van der Waals surface area contributed by atoms with Gasteiger partial charge in [-0.25, -0.2) is 4.98 Å². The molecule has 1 aromatic carbocycles. The van der Waals surface area contributed by atoms with Gasteiger partial charge in [-0.05, 0) is 24.1 Å². The van der Waals surface area contributed by atoms with Crippen LogP contribution in [-0.4, -0.2) is 15.9 Å². The molecule has 0 aliphatic heterocycles. The number of benzene rings is 1. The second-order valence-electron chi connectivity index (χ2n) is 4.02. The van der Waals surface area contributed by atoms with Crippen LogP contribution < -0.4 is 5.73 Å². The SMILES string of the molecule is NCCc1cn2ccc3cccc(Cl)c3c2n1. The van der Waals surface area contributed by atoms with Gasteiger partial charge in [0.05, 0.1) is 10.7 Å². The summed E-state index contributed by atoms with van der Waals surface area (Å²) in [6, 6.07) is 7.92. The maximum Gasteiger partial charge on any atom is 0.146 e. The molecule has 3 nitrogen and oxygen atoms in total. The molecule has 2 N–H and O–H groups in total. The standard InChI is InChI=1S/C13H12ClN3/c14-11-3-1-2-9-5-7-17-8-10(4-6-15)16-13(17)12(9)11/h1-3,5,7-8H,4,6,15H2. The lowest BCUT2D eigenvalue weighted by Gasteiger charge is -2.01. The average Bonchev–Trinajstić information content (AvgIpc) is 2.72. The number of aromatic nitrogens is 2. The molecule has 0 aliphatic rings. The Hall–Kier alpha value is -1.58. The highest BCUT2D eigenvalue weighted by molar-refractivity contribution is 6.36. The van der Waals surface area contributed by atoms with Crippen LogP contribution in [0.25, 0.3) is 16.4 Å². The summed E-state index contributed by atoms with van der Waals surface area (Å²) in [5, 5.41) is 2.84. The van der Waals surface area contributed by atoms with Gasteiger partial charge in [0.1, 0.15) is 5.65 Å². The van der Waals surface area contributed by atoms with Crippen molar-refractivity contribution in [1.29, 1.82) is 0 Å². The van der Waals surface area contributed by atoms with Gasteiger partial charge in [0.2, 0.25) is 0 Å². The number of nitrogens with two attached hydrogens (primary N) is 1. The van der Waals surface area contributed by atoms with Crippen molar-refractivity contribution in [3.8, 4) is 0 Å². The van der Waals surface area contributed by atoms with E-state index in [0.717, 1.165) is 33.6 Å². The van der Waals surface area contributed by atoms with Crippen LogP contribution in [0.4, 0.5) is 0 Å². The normalized spacial score (nSPS) is 11.4. The number of rotatable bonds is 2. The highest BCUT2D eigenvalue weighted by atomic mass is 35.5. The minimum absolute atomic E-state index is 0.607. The molecule has 3 rings (SSSR count). The first kappa shape index (κ1) is 10.6. The van der Waals surface area contributed by atoms with Crippen molar-refractivity contribution in [2.75, 3.05) is 6.54 Å². The second-order valence-corrected chi connectivity index (χ2v) is 4.43. The van der Waals surface area contributed by atoms with Crippen molar-refractivity contribution < 1.29 is 0 Å². The molecule has 0 unspecified atom stereocenters. The van der Waals surface area contributed by atoms with Gasteiger partial charge in [0.25, 0.3) is 0 Å². The molecule has 0 amide bonds. The summed E-state index contributed by atoms with van der Waals surface area (Å²) in [7, 11) is 0. The third-order valence-corrected chi connectivity index (χ3v) is 3.18. The zero-order chi connectivity index (χ0) is 11.8. The van der Waals surface area contributed by atoms with Crippen molar-refractivity contribution in [2.24, 2.45) is 5.73 Å². The molecule has 86 valence electrons. The Morgan fingerprint density at radius 2 is 2.18 bits per heavy atom. The molecular weight excluding hydrogens is 234 g/mol. The highest BCUT2D eigenvalue weighted by Crippen LogP contribution is 2.27. The molecule has 4 heteroatoms. The van der Waals surface area contributed by atoms with Crippen LogP contribution in [0.1, 0.15) is 5.69 Å². The Labute approximate surface area is 104 Å². The summed E-state index contributed by atoms with van der Waals surface area (Å²) in [6.45, 7) is 0.607. The summed E-state index contributed by atoms with van der Waals surface area (Å²) in [5.41, 5.74) is 7.45. The van der Waals surface area contributed by atoms with Crippen LogP contribution in [0.15, 0.2) is 36.7 Å². The van der Waals surface area contributed by atoms with E-state index >= 15 is 0 Å². The van der Waals surface area contributed by atoms with Gasteiger partial charge in [-0.2, -0.15) is 0 Å². The molecule has 0 atom stereocenters. The van der Waals surface area contributed by atoms with E-state index < -0.39 is 0 Å². The number of hydrogen-bond donors (Lipinski definition) is 1. The minimum atomic E-state index is 0.607. The third kappa shape index (κ3) is 1.68. The molecule has 0 bridgehead atoms. The van der Waals surface area contributed by atoms with E-state index in [-0.39, 0.29) is 0 Å². The molecule has 0 fully saturated rings. The van der Waals surface area contributed by atoms with Crippen LogP contribution in [0.3, 0.4) is 0 Å². The van der Waals surface area contributed by atoms with Gasteiger partial charge in [0.15, 0.2) is 0 Å². The fraction of sp³-hybridized carbons (Fsp3) is 0.154. The number of pyridine rings is 1. The number of halogens is 1. The number of hydrogen-bond acceptors (Lipinski definition) is 2. The van der Waals surface area contributed by atoms with Crippen LogP contribution in [0.2, 0.25) is 5.02 Å². The van der Waals surface area contributed by atoms with Crippen LogP contribution in [-0.2, 0) is 6.42 Å². The average molecular weight is 246 g/mol. The van der Waals surface area contributed by atoms with Crippen molar-refractivity contribution in [1.82, 2.24) is 9.38 Å². The zero-order valence-corrected chi connectivity index (χ0v) is 9.98. The molecule has 17 heavy (non-hydrogen) atoms. The van der Waals surface area contributed by atoms with Crippen molar-refractivity contribution in [2.45, 2.75) is 6.42 Å². The van der Waals surface area contributed by atoms with Gasteiger partial charge in [0, 0.05) is 24.2 Å². The molecular formula is C13H12ClN3. The molecule has 0 spiro atoms. The maximum atomic E-state index is 6.24. The zero-order valence-electron chi connectivity index (χ0n) is 9.23. The molecule has 3 aromatic rings. The smallest absolute Gasteiger partial charge is 0.146 e. The summed E-state index contributed by atoms with van der Waals surface area (Å²) in [6.07, 6.45) is 4.79. The quantitative estimate of drug-likeness (QED) is 0.754. The lowest BCUT2D eigenvalue weighted by Crippen LogP contribution is -2.02. The Morgan fingerprint density at radius 3 is 3.00 bits per heavy atom. The largest absolute Gasteiger partial charge is 0.330 e. The Morgan fingerprint density at radius 1 is 1.29 bits per heavy atom. The summed E-state index contributed by atoms with van der Waals surface area (Å²) >= 11 is 6.24. The lowest BCUT2D eigenvalue weighted by atomic mass is 10.2. The molecule has 0 saturated heterocycles. The predicted molar refractivity (Wildman–Crippen MR) is 70.5 cm³/mol. The van der Waals surface area contributed by atoms with Gasteiger partial charge in [-0.1, -0.05) is 23.7 Å². The van der Waals surface area contributed by atoms with Gasteiger partial charge >= 0.3 is 0 Å². The Kier molecular flexibility index (Phi) is 2.50. The Bertz CT molecular complexity index is 688. The van der Waals surface area contributed by atoms with Crippen molar-refractivity contribution in [3.05, 3.63) is 47.4 Å². The summed E-state index contributed by atoms with van der Waals surface area (Å²) in [4.78, 5) is 4.59. The van der Waals surface area contributed by atoms with Crippen LogP contribution in [0.5, 0.6) is 0 Å². The van der Waals surface area contributed by atoms with Gasteiger partial charge < -0.3 is 10.1 Å². The number of imidazole rings is 1. The fourth-order valence-corrected chi connectivity index (χ4v) is 2.35. The summed E-state index contributed by atoms with van der Waals surface area (Å²) < 4.78 is 2.00. The van der Waals surface area contributed by atoms with Crippen LogP contribution in [0, 0.1) is 0 Å². The number of nitrogens with zero attached hydrogens (tertiary/aromatic N) is 2. The first-order chi connectivity index (χ1) is 8.29. The lowest BCUT2D eigenvalue weighted by molar-refractivity contribution is 0.937.